The number of benzene rings is 1. The fourth-order valence-electron chi connectivity index (χ4n) is 2.25. The van der Waals surface area contributed by atoms with Crippen LogP contribution in [0, 0.1) is 5.92 Å². The molecule has 0 aromatic heterocycles. The Hall–Kier alpha value is -2.04. The fraction of sp³-hybridized carbons (Fsp3) is 0.500. The van der Waals surface area contributed by atoms with Gasteiger partial charge in [0, 0.05) is 5.56 Å². The van der Waals surface area contributed by atoms with E-state index in [1.165, 1.54) is 0 Å². The quantitative estimate of drug-likeness (QED) is 0.809. The zero-order valence-corrected chi connectivity index (χ0v) is 12.4. The van der Waals surface area contributed by atoms with Crippen LogP contribution < -0.4 is 10.1 Å². The molecule has 5 heteroatoms. The van der Waals surface area contributed by atoms with Gasteiger partial charge >= 0.3 is 5.97 Å². The smallest absolute Gasteiger partial charge is 0.329 e. The van der Waals surface area contributed by atoms with Gasteiger partial charge in [0.05, 0.1) is 6.61 Å². The number of hydrogen-bond acceptors (Lipinski definition) is 3. The van der Waals surface area contributed by atoms with Crippen molar-refractivity contribution < 1.29 is 19.4 Å². The Bertz CT molecular complexity index is 539. The second-order valence-corrected chi connectivity index (χ2v) is 5.61. The Morgan fingerprint density at radius 1 is 1.43 bits per heavy atom. The van der Waals surface area contributed by atoms with Crippen molar-refractivity contribution >= 4 is 11.9 Å². The number of rotatable bonds is 7. The van der Waals surface area contributed by atoms with Crippen molar-refractivity contribution in [2.45, 2.75) is 38.6 Å². The standard InChI is InChI=1S/C16H21NO4/c1-3-9-21-13-6-4-5-11(10-13)14(18)17-16(2,15(19)20)12-7-8-12/h4-6,10,12H,3,7-9H2,1-2H3,(H,17,18)(H,19,20). The summed E-state index contributed by atoms with van der Waals surface area (Å²) in [5, 5.41) is 12.0. The molecular weight excluding hydrogens is 270 g/mol. The van der Waals surface area contributed by atoms with Gasteiger partial charge in [-0.15, -0.1) is 0 Å². The topological polar surface area (TPSA) is 75.6 Å². The van der Waals surface area contributed by atoms with E-state index in [2.05, 4.69) is 5.32 Å². The van der Waals surface area contributed by atoms with E-state index >= 15 is 0 Å². The summed E-state index contributed by atoms with van der Waals surface area (Å²) in [6, 6.07) is 6.81. The number of amides is 1. The first-order valence-corrected chi connectivity index (χ1v) is 7.26. The van der Waals surface area contributed by atoms with E-state index in [4.69, 9.17) is 4.74 Å². The Labute approximate surface area is 124 Å². The predicted molar refractivity (Wildman–Crippen MR) is 78.5 cm³/mol. The lowest BCUT2D eigenvalue weighted by atomic mass is 9.95. The van der Waals surface area contributed by atoms with Gasteiger partial charge in [-0.2, -0.15) is 0 Å². The van der Waals surface area contributed by atoms with Crippen LogP contribution in [0.3, 0.4) is 0 Å². The lowest BCUT2D eigenvalue weighted by Gasteiger charge is -2.26. The second kappa shape index (κ2) is 6.16. The van der Waals surface area contributed by atoms with Gasteiger partial charge in [-0.05, 0) is 50.3 Å². The third-order valence-corrected chi connectivity index (χ3v) is 3.78. The number of carboxylic acid groups (broad SMARTS) is 1. The number of nitrogens with one attached hydrogen (secondary N) is 1. The highest BCUT2D eigenvalue weighted by atomic mass is 16.5. The largest absolute Gasteiger partial charge is 0.494 e. The molecule has 0 saturated heterocycles. The number of carbonyl (C=O) groups is 2. The van der Waals surface area contributed by atoms with Gasteiger partial charge in [0.1, 0.15) is 11.3 Å². The maximum Gasteiger partial charge on any atom is 0.329 e. The molecule has 1 unspecified atom stereocenters. The summed E-state index contributed by atoms with van der Waals surface area (Å²) in [6.45, 7) is 4.16. The Balaban J connectivity index is 2.10. The number of ether oxygens (including phenoxy) is 1. The molecule has 0 aliphatic heterocycles. The van der Waals surface area contributed by atoms with E-state index in [0.29, 0.717) is 17.9 Å². The number of aliphatic carboxylic acids is 1. The molecule has 1 aromatic carbocycles. The zero-order valence-electron chi connectivity index (χ0n) is 12.4. The maximum atomic E-state index is 12.3. The van der Waals surface area contributed by atoms with Gasteiger partial charge in [-0.25, -0.2) is 4.79 Å². The van der Waals surface area contributed by atoms with Crippen molar-refractivity contribution in [1.29, 1.82) is 0 Å². The lowest BCUT2D eigenvalue weighted by molar-refractivity contribution is -0.144. The SMILES string of the molecule is CCCOc1cccc(C(=O)NC(C)(C(=O)O)C2CC2)c1. The molecule has 0 bridgehead atoms. The number of carboxylic acids is 1. The first-order valence-electron chi connectivity index (χ1n) is 7.26. The van der Waals surface area contributed by atoms with E-state index in [0.717, 1.165) is 19.3 Å². The second-order valence-electron chi connectivity index (χ2n) is 5.61. The highest BCUT2D eigenvalue weighted by Crippen LogP contribution is 2.39. The molecule has 1 atom stereocenters. The number of carbonyl (C=O) groups excluding carboxylic acids is 1. The Morgan fingerprint density at radius 2 is 2.14 bits per heavy atom. The van der Waals surface area contributed by atoms with Crippen LogP contribution in [0.15, 0.2) is 24.3 Å². The molecule has 5 nitrogen and oxygen atoms in total. The third-order valence-electron chi connectivity index (χ3n) is 3.78. The monoisotopic (exact) mass is 291 g/mol. The Kier molecular flexibility index (Phi) is 4.50. The van der Waals surface area contributed by atoms with Crippen molar-refractivity contribution in [2.75, 3.05) is 6.61 Å². The van der Waals surface area contributed by atoms with E-state index in [1.54, 1.807) is 31.2 Å². The van der Waals surface area contributed by atoms with Crippen LogP contribution in [-0.2, 0) is 4.79 Å². The Morgan fingerprint density at radius 3 is 2.71 bits per heavy atom. The highest BCUT2D eigenvalue weighted by molar-refractivity contribution is 5.98. The predicted octanol–water partition coefficient (Wildman–Crippen LogP) is 2.46. The molecule has 21 heavy (non-hydrogen) atoms. The minimum atomic E-state index is -1.20. The molecule has 1 saturated carbocycles. The molecule has 2 rings (SSSR count). The van der Waals surface area contributed by atoms with Gasteiger partial charge < -0.3 is 15.2 Å². The van der Waals surface area contributed by atoms with Crippen molar-refractivity contribution in [3.63, 3.8) is 0 Å². The summed E-state index contributed by atoms with van der Waals surface area (Å²) in [5.41, 5.74) is -0.783. The molecule has 0 heterocycles. The van der Waals surface area contributed by atoms with Gasteiger partial charge in [0.25, 0.3) is 5.91 Å². The van der Waals surface area contributed by atoms with Crippen LogP contribution in [0.1, 0.15) is 43.5 Å². The first-order chi connectivity index (χ1) is 9.97. The van der Waals surface area contributed by atoms with Crippen molar-refractivity contribution in [3.05, 3.63) is 29.8 Å². The minimum absolute atomic E-state index is 0.0125. The molecular formula is C16H21NO4. The molecule has 0 radical (unpaired) electrons. The first kappa shape index (κ1) is 15.4. The summed E-state index contributed by atoms with van der Waals surface area (Å²) in [4.78, 5) is 23.7. The summed E-state index contributed by atoms with van der Waals surface area (Å²) in [5.74, 6) is -0.739. The fourth-order valence-corrected chi connectivity index (χ4v) is 2.25. The molecule has 1 aromatic rings. The van der Waals surface area contributed by atoms with E-state index < -0.39 is 11.5 Å². The molecule has 2 N–H and O–H groups in total. The van der Waals surface area contributed by atoms with Crippen LogP contribution in [0.25, 0.3) is 0 Å². The van der Waals surface area contributed by atoms with E-state index in [9.17, 15) is 14.7 Å². The van der Waals surface area contributed by atoms with Crippen LogP contribution in [0.5, 0.6) is 5.75 Å². The number of hydrogen-bond donors (Lipinski definition) is 2. The summed E-state index contributed by atoms with van der Waals surface area (Å²) >= 11 is 0. The normalized spacial score (nSPS) is 16.9. The zero-order chi connectivity index (χ0) is 15.5. The third kappa shape index (κ3) is 3.54. The van der Waals surface area contributed by atoms with Crippen LogP contribution in [-0.4, -0.2) is 29.1 Å². The van der Waals surface area contributed by atoms with Crippen molar-refractivity contribution in [3.8, 4) is 5.75 Å². The molecule has 1 amide bonds. The van der Waals surface area contributed by atoms with Gasteiger partial charge in [0.15, 0.2) is 0 Å². The summed E-state index contributed by atoms with van der Waals surface area (Å²) < 4.78 is 5.49. The summed E-state index contributed by atoms with van der Waals surface area (Å²) in [6.07, 6.45) is 2.56. The van der Waals surface area contributed by atoms with Gasteiger partial charge in [-0.3, -0.25) is 4.79 Å². The maximum absolute atomic E-state index is 12.3. The molecule has 0 spiro atoms. The summed E-state index contributed by atoms with van der Waals surface area (Å²) in [7, 11) is 0. The van der Waals surface area contributed by atoms with E-state index in [1.807, 2.05) is 6.92 Å². The average Bonchev–Trinajstić information content (AvgIpc) is 3.30. The van der Waals surface area contributed by atoms with E-state index in [-0.39, 0.29) is 11.8 Å². The van der Waals surface area contributed by atoms with Crippen LogP contribution in [0.2, 0.25) is 0 Å². The minimum Gasteiger partial charge on any atom is -0.494 e. The highest BCUT2D eigenvalue weighted by Gasteiger charge is 2.48. The lowest BCUT2D eigenvalue weighted by Crippen LogP contribution is -2.54. The molecule has 114 valence electrons. The van der Waals surface area contributed by atoms with Gasteiger partial charge in [0.2, 0.25) is 0 Å². The van der Waals surface area contributed by atoms with Crippen LogP contribution >= 0.6 is 0 Å². The van der Waals surface area contributed by atoms with Gasteiger partial charge in [-0.1, -0.05) is 13.0 Å². The molecule has 1 aliphatic carbocycles. The van der Waals surface area contributed by atoms with Crippen molar-refractivity contribution in [1.82, 2.24) is 5.32 Å². The van der Waals surface area contributed by atoms with Crippen LogP contribution in [0.4, 0.5) is 0 Å². The molecule has 1 aliphatic rings. The molecule has 1 fully saturated rings. The van der Waals surface area contributed by atoms with Crippen molar-refractivity contribution in [2.24, 2.45) is 5.92 Å². The average molecular weight is 291 g/mol.